The van der Waals surface area contributed by atoms with E-state index in [1.165, 1.54) is 4.88 Å². The maximum Gasteiger partial charge on any atom is 0.229 e. The molecule has 1 spiro atoms. The average molecular weight is 514 g/mol. The second-order valence-electron chi connectivity index (χ2n) is 8.74. The van der Waals surface area contributed by atoms with Crippen LogP contribution in [-0.2, 0) is 16.1 Å². The third-order valence-electron chi connectivity index (χ3n) is 6.79. The van der Waals surface area contributed by atoms with Crippen LogP contribution in [0.5, 0.6) is 0 Å². The predicted octanol–water partition coefficient (Wildman–Crippen LogP) is 4.46. The SMILES string of the molecule is CCC(=O)NC(CCN1CCC2(CC1)CCN(Cc1cccnc1)C2=O)c1cccs1.Cl.Cl. The number of halogens is 2. The first-order valence-corrected chi connectivity index (χ1v) is 12.2. The maximum absolute atomic E-state index is 13.2. The molecule has 4 heterocycles. The molecule has 182 valence electrons. The van der Waals surface area contributed by atoms with E-state index in [0.717, 1.165) is 57.4 Å². The van der Waals surface area contributed by atoms with Crippen molar-refractivity contribution in [2.45, 2.75) is 51.6 Å². The molecule has 0 aliphatic carbocycles. The first-order chi connectivity index (χ1) is 15.1. The smallest absolute Gasteiger partial charge is 0.229 e. The number of pyridine rings is 1. The standard InChI is InChI=1S/C24H32N4O2S.2ClH/c1-2-22(29)26-20(21-6-4-16-31-21)7-12-27-13-8-24(9-14-27)10-15-28(23(24)30)18-19-5-3-11-25-17-19;;/h3-6,11,16-17,20H,2,7-10,12-15,18H2,1H3,(H,26,29);2*1H. The van der Waals surface area contributed by atoms with Crippen LogP contribution in [0.2, 0.25) is 0 Å². The number of hydrogen-bond acceptors (Lipinski definition) is 5. The van der Waals surface area contributed by atoms with Crippen molar-refractivity contribution < 1.29 is 9.59 Å². The second-order valence-corrected chi connectivity index (χ2v) is 9.72. The zero-order valence-electron chi connectivity index (χ0n) is 19.1. The van der Waals surface area contributed by atoms with Gasteiger partial charge in [-0.1, -0.05) is 19.1 Å². The molecule has 2 saturated heterocycles. The van der Waals surface area contributed by atoms with E-state index in [9.17, 15) is 9.59 Å². The van der Waals surface area contributed by atoms with Crippen molar-refractivity contribution in [1.82, 2.24) is 20.1 Å². The van der Waals surface area contributed by atoms with Crippen molar-refractivity contribution >= 4 is 48.0 Å². The van der Waals surface area contributed by atoms with Crippen LogP contribution < -0.4 is 5.32 Å². The fraction of sp³-hybridized carbons (Fsp3) is 0.542. The van der Waals surface area contributed by atoms with Gasteiger partial charge in [-0.05, 0) is 61.8 Å². The van der Waals surface area contributed by atoms with E-state index in [4.69, 9.17) is 0 Å². The summed E-state index contributed by atoms with van der Waals surface area (Å²) in [5.41, 5.74) is 0.918. The van der Waals surface area contributed by atoms with E-state index in [1.54, 1.807) is 17.5 Å². The van der Waals surface area contributed by atoms with Crippen LogP contribution in [0.4, 0.5) is 0 Å². The molecule has 1 unspecified atom stereocenters. The van der Waals surface area contributed by atoms with Gasteiger partial charge in [0, 0.05) is 43.3 Å². The Bertz CT molecular complexity index is 874. The van der Waals surface area contributed by atoms with E-state index in [-0.39, 0.29) is 42.2 Å². The lowest BCUT2D eigenvalue weighted by Crippen LogP contribution is -2.45. The lowest BCUT2D eigenvalue weighted by Gasteiger charge is -2.38. The van der Waals surface area contributed by atoms with Crippen molar-refractivity contribution in [3.05, 3.63) is 52.5 Å². The normalized spacial score (nSPS) is 18.5. The minimum Gasteiger partial charge on any atom is -0.348 e. The van der Waals surface area contributed by atoms with Gasteiger partial charge in [0.2, 0.25) is 11.8 Å². The van der Waals surface area contributed by atoms with Crippen molar-refractivity contribution in [2.75, 3.05) is 26.2 Å². The molecule has 0 saturated carbocycles. The van der Waals surface area contributed by atoms with Gasteiger partial charge in [-0.3, -0.25) is 14.6 Å². The molecule has 2 aliphatic heterocycles. The molecular weight excluding hydrogens is 479 g/mol. The topological polar surface area (TPSA) is 65.5 Å². The Kier molecular flexibility index (Phi) is 10.6. The van der Waals surface area contributed by atoms with Gasteiger partial charge in [-0.2, -0.15) is 0 Å². The summed E-state index contributed by atoms with van der Waals surface area (Å²) in [6, 6.07) is 8.18. The minimum absolute atomic E-state index is 0. The summed E-state index contributed by atoms with van der Waals surface area (Å²) in [6.07, 6.45) is 7.85. The van der Waals surface area contributed by atoms with E-state index >= 15 is 0 Å². The Balaban J connectivity index is 0.00000193. The van der Waals surface area contributed by atoms with Crippen LogP contribution in [-0.4, -0.2) is 52.8 Å². The first kappa shape index (κ1) is 27.6. The van der Waals surface area contributed by atoms with Gasteiger partial charge in [0.15, 0.2) is 0 Å². The number of piperidine rings is 1. The lowest BCUT2D eigenvalue weighted by atomic mass is 9.77. The molecule has 2 aromatic rings. The highest BCUT2D eigenvalue weighted by Crippen LogP contribution is 2.42. The van der Waals surface area contributed by atoms with Crippen LogP contribution in [0, 0.1) is 5.41 Å². The molecule has 2 aromatic heterocycles. The summed E-state index contributed by atoms with van der Waals surface area (Å²) in [7, 11) is 0. The number of carbonyl (C=O) groups excluding carboxylic acids is 2. The largest absolute Gasteiger partial charge is 0.348 e. The molecule has 1 atom stereocenters. The Morgan fingerprint density at radius 2 is 1.94 bits per heavy atom. The molecule has 0 radical (unpaired) electrons. The zero-order valence-corrected chi connectivity index (χ0v) is 21.5. The summed E-state index contributed by atoms with van der Waals surface area (Å²) in [5.74, 6) is 0.420. The molecule has 2 aliphatic rings. The van der Waals surface area contributed by atoms with Gasteiger partial charge in [0.25, 0.3) is 0 Å². The molecule has 1 N–H and O–H groups in total. The molecule has 2 amide bonds. The number of likely N-dealkylation sites (tertiary alicyclic amines) is 2. The second kappa shape index (κ2) is 12.7. The van der Waals surface area contributed by atoms with Crippen molar-refractivity contribution in [3.63, 3.8) is 0 Å². The lowest BCUT2D eigenvalue weighted by molar-refractivity contribution is -0.139. The average Bonchev–Trinajstić information content (AvgIpc) is 3.44. The summed E-state index contributed by atoms with van der Waals surface area (Å²) in [6.45, 7) is 6.24. The Morgan fingerprint density at radius 1 is 1.18 bits per heavy atom. The molecule has 0 bridgehead atoms. The summed E-state index contributed by atoms with van der Waals surface area (Å²) >= 11 is 1.70. The number of nitrogens with one attached hydrogen (secondary N) is 1. The van der Waals surface area contributed by atoms with E-state index < -0.39 is 0 Å². The van der Waals surface area contributed by atoms with Gasteiger partial charge in [0.1, 0.15) is 0 Å². The van der Waals surface area contributed by atoms with Crippen LogP contribution in [0.15, 0.2) is 42.0 Å². The monoisotopic (exact) mass is 512 g/mol. The number of nitrogens with zero attached hydrogens (tertiary/aromatic N) is 3. The summed E-state index contributed by atoms with van der Waals surface area (Å²) in [4.78, 5) is 35.0. The highest BCUT2D eigenvalue weighted by Gasteiger charge is 2.47. The minimum atomic E-state index is -0.178. The van der Waals surface area contributed by atoms with E-state index in [0.29, 0.717) is 18.9 Å². The summed E-state index contributed by atoms with van der Waals surface area (Å²) in [5, 5.41) is 5.24. The van der Waals surface area contributed by atoms with Crippen LogP contribution in [0.3, 0.4) is 0 Å². The van der Waals surface area contributed by atoms with E-state index in [1.807, 2.05) is 36.2 Å². The van der Waals surface area contributed by atoms with Crippen molar-refractivity contribution in [3.8, 4) is 0 Å². The Morgan fingerprint density at radius 3 is 2.58 bits per heavy atom. The summed E-state index contributed by atoms with van der Waals surface area (Å²) < 4.78 is 0. The van der Waals surface area contributed by atoms with E-state index in [2.05, 4.69) is 26.6 Å². The molecule has 0 aromatic carbocycles. The number of amides is 2. The predicted molar refractivity (Wildman–Crippen MR) is 137 cm³/mol. The van der Waals surface area contributed by atoms with Crippen LogP contribution >= 0.6 is 36.2 Å². The Labute approximate surface area is 213 Å². The number of hydrogen-bond donors (Lipinski definition) is 1. The fourth-order valence-electron chi connectivity index (χ4n) is 4.81. The number of aromatic nitrogens is 1. The first-order valence-electron chi connectivity index (χ1n) is 11.3. The third-order valence-corrected chi connectivity index (χ3v) is 7.77. The van der Waals surface area contributed by atoms with Crippen LogP contribution in [0.25, 0.3) is 0 Å². The van der Waals surface area contributed by atoms with Gasteiger partial charge in [0.05, 0.1) is 11.5 Å². The van der Waals surface area contributed by atoms with Crippen LogP contribution in [0.1, 0.15) is 55.5 Å². The molecule has 9 heteroatoms. The van der Waals surface area contributed by atoms with Gasteiger partial charge >= 0.3 is 0 Å². The quantitative estimate of drug-likeness (QED) is 0.566. The molecular formula is C24H34Cl2N4O2S. The third kappa shape index (κ3) is 6.69. The fourth-order valence-corrected chi connectivity index (χ4v) is 5.62. The number of rotatable bonds is 8. The maximum atomic E-state index is 13.2. The number of carbonyl (C=O) groups is 2. The molecule has 4 rings (SSSR count). The number of thiophene rings is 1. The molecule has 6 nitrogen and oxygen atoms in total. The van der Waals surface area contributed by atoms with Crippen molar-refractivity contribution in [1.29, 1.82) is 0 Å². The van der Waals surface area contributed by atoms with Gasteiger partial charge < -0.3 is 15.1 Å². The van der Waals surface area contributed by atoms with Gasteiger partial charge in [-0.15, -0.1) is 36.2 Å². The molecule has 33 heavy (non-hydrogen) atoms. The molecule has 2 fully saturated rings. The van der Waals surface area contributed by atoms with Gasteiger partial charge in [-0.25, -0.2) is 0 Å². The Hall–Kier alpha value is -1.67. The highest BCUT2D eigenvalue weighted by molar-refractivity contribution is 7.10. The zero-order chi connectivity index (χ0) is 21.7. The van der Waals surface area contributed by atoms with Crippen molar-refractivity contribution in [2.24, 2.45) is 5.41 Å². The highest BCUT2D eigenvalue weighted by atomic mass is 35.5.